The molecule has 1 saturated heterocycles. The number of nitrogen functional groups attached to an aromatic ring is 1. The molecular weight excluding hydrogens is 384 g/mol. The Labute approximate surface area is 180 Å². The second-order valence-corrected chi connectivity index (χ2v) is 6.87. The summed E-state index contributed by atoms with van der Waals surface area (Å²) in [6.45, 7) is 16.2. The molecule has 0 aliphatic carbocycles. The molecule has 1 fully saturated rings. The van der Waals surface area contributed by atoms with Crippen molar-refractivity contribution in [3.8, 4) is 10.4 Å². The fraction of sp³-hybridized carbons (Fsp3) is 0.522. The zero-order chi connectivity index (χ0) is 21.9. The molecule has 0 radical (unpaired) electrons. The highest BCUT2D eigenvalue weighted by atomic mass is 32.1. The van der Waals surface area contributed by atoms with E-state index in [4.69, 9.17) is 20.0 Å². The number of hydrogen-bond donors (Lipinski definition) is 1. The lowest BCUT2D eigenvalue weighted by Gasteiger charge is -2.24. The third-order valence-electron chi connectivity index (χ3n) is 3.91. The summed E-state index contributed by atoms with van der Waals surface area (Å²) < 4.78 is 10.5. The SMILES string of the molecule is CC.CC=O.CCN1CCOCC1.CCOCc1cc(-c2ccccc2)sc1N. The van der Waals surface area contributed by atoms with Gasteiger partial charge in [0, 0.05) is 30.1 Å². The van der Waals surface area contributed by atoms with Gasteiger partial charge < -0.3 is 20.0 Å². The van der Waals surface area contributed by atoms with Crippen molar-refractivity contribution < 1.29 is 14.3 Å². The molecule has 0 amide bonds. The Morgan fingerprint density at radius 3 is 2.24 bits per heavy atom. The van der Waals surface area contributed by atoms with Gasteiger partial charge in [-0.25, -0.2) is 0 Å². The quantitative estimate of drug-likeness (QED) is 0.679. The molecule has 0 atom stereocenters. The summed E-state index contributed by atoms with van der Waals surface area (Å²) in [6.07, 6.45) is 0.750. The number of benzene rings is 1. The van der Waals surface area contributed by atoms with Crippen LogP contribution in [0, 0.1) is 0 Å². The van der Waals surface area contributed by atoms with Gasteiger partial charge in [0.05, 0.1) is 24.8 Å². The van der Waals surface area contributed by atoms with Gasteiger partial charge in [-0.05, 0) is 32.0 Å². The van der Waals surface area contributed by atoms with Crippen molar-refractivity contribution in [2.75, 3.05) is 45.2 Å². The van der Waals surface area contributed by atoms with Crippen LogP contribution in [0.4, 0.5) is 5.00 Å². The third kappa shape index (κ3) is 11.8. The zero-order valence-corrected chi connectivity index (χ0v) is 19.5. The van der Waals surface area contributed by atoms with Gasteiger partial charge in [0.2, 0.25) is 0 Å². The highest BCUT2D eigenvalue weighted by Gasteiger charge is 2.07. The Balaban J connectivity index is 0.000000505. The summed E-state index contributed by atoms with van der Waals surface area (Å²) in [6, 6.07) is 12.4. The van der Waals surface area contributed by atoms with Crippen molar-refractivity contribution in [3.63, 3.8) is 0 Å². The predicted octanol–water partition coefficient (Wildman–Crippen LogP) is 5.10. The molecule has 2 heterocycles. The Bertz CT molecular complexity index is 626. The largest absolute Gasteiger partial charge is 0.390 e. The van der Waals surface area contributed by atoms with E-state index >= 15 is 0 Å². The van der Waals surface area contributed by atoms with Gasteiger partial charge in [-0.1, -0.05) is 51.1 Å². The number of nitrogens with zero attached hydrogens (tertiary/aromatic N) is 1. The maximum absolute atomic E-state index is 8.81. The first-order chi connectivity index (χ1) is 14.2. The average Bonchev–Trinajstić information content (AvgIpc) is 3.16. The molecule has 0 saturated carbocycles. The molecule has 0 unspecified atom stereocenters. The van der Waals surface area contributed by atoms with Crippen LogP contribution in [0.3, 0.4) is 0 Å². The van der Waals surface area contributed by atoms with E-state index in [0.29, 0.717) is 6.61 Å². The number of rotatable bonds is 5. The summed E-state index contributed by atoms with van der Waals surface area (Å²) in [4.78, 5) is 12.4. The molecule has 0 bridgehead atoms. The van der Waals surface area contributed by atoms with E-state index in [0.717, 1.165) is 49.8 Å². The lowest BCUT2D eigenvalue weighted by Crippen LogP contribution is -2.35. The minimum atomic E-state index is 0.603. The van der Waals surface area contributed by atoms with Crippen molar-refractivity contribution in [2.45, 2.75) is 41.2 Å². The second-order valence-electron chi connectivity index (χ2n) is 5.79. The van der Waals surface area contributed by atoms with Gasteiger partial charge in [-0.3, -0.25) is 4.90 Å². The van der Waals surface area contributed by atoms with Crippen LogP contribution in [0.2, 0.25) is 0 Å². The molecule has 6 heteroatoms. The first-order valence-electron chi connectivity index (χ1n) is 10.4. The fourth-order valence-electron chi connectivity index (χ4n) is 2.43. The number of carbonyl (C=O) groups excluding carboxylic acids is 1. The van der Waals surface area contributed by atoms with E-state index in [9.17, 15) is 0 Å². The number of likely N-dealkylation sites (N-methyl/N-ethyl adjacent to an activating group) is 1. The van der Waals surface area contributed by atoms with Crippen molar-refractivity contribution in [3.05, 3.63) is 42.0 Å². The molecule has 1 aliphatic rings. The highest BCUT2D eigenvalue weighted by Crippen LogP contribution is 2.33. The number of carbonyl (C=O) groups is 1. The molecule has 1 aliphatic heterocycles. The topological polar surface area (TPSA) is 64.8 Å². The normalized spacial score (nSPS) is 13.0. The Morgan fingerprint density at radius 1 is 1.17 bits per heavy atom. The molecule has 164 valence electrons. The monoisotopic (exact) mass is 422 g/mol. The standard InChI is InChI=1S/C13H15NOS.C6H13NO.C2H4O.C2H6/c1-2-15-9-11-8-12(16-13(11)14)10-6-4-3-5-7-10;1-2-7-3-5-8-6-4-7;1-2-3;1-2/h3-8H,2,9,14H2,1H3;2-6H2,1H3;2H,1H3;1-2H3. The first kappa shape index (κ1) is 27.3. The van der Waals surface area contributed by atoms with Crippen molar-refractivity contribution in [1.29, 1.82) is 0 Å². The number of hydrogen-bond acceptors (Lipinski definition) is 6. The van der Waals surface area contributed by atoms with E-state index < -0.39 is 0 Å². The molecule has 0 spiro atoms. The van der Waals surface area contributed by atoms with Crippen LogP contribution in [-0.4, -0.2) is 50.6 Å². The second kappa shape index (κ2) is 18.3. The van der Waals surface area contributed by atoms with Gasteiger partial charge in [-0.15, -0.1) is 11.3 Å². The number of ether oxygens (including phenoxy) is 2. The number of thiophene rings is 1. The van der Waals surface area contributed by atoms with E-state index in [1.807, 2.05) is 39.0 Å². The van der Waals surface area contributed by atoms with Crippen LogP contribution >= 0.6 is 11.3 Å². The van der Waals surface area contributed by atoms with Crippen LogP contribution in [0.25, 0.3) is 10.4 Å². The summed E-state index contributed by atoms with van der Waals surface area (Å²) in [5.74, 6) is 0. The van der Waals surface area contributed by atoms with Gasteiger partial charge in [0.15, 0.2) is 0 Å². The molecule has 2 aromatic rings. The summed E-state index contributed by atoms with van der Waals surface area (Å²) >= 11 is 1.62. The molecule has 5 nitrogen and oxygen atoms in total. The van der Waals surface area contributed by atoms with Crippen molar-refractivity contribution in [2.24, 2.45) is 0 Å². The van der Waals surface area contributed by atoms with E-state index in [1.165, 1.54) is 23.9 Å². The summed E-state index contributed by atoms with van der Waals surface area (Å²) in [5.41, 5.74) is 8.26. The van der Waals surface area contributed by atoms with Gasteiger partial charge >= 0.3 is 0 Å². The minimum Gasteiger partial charge on any atom is -0.390 e. The van der Waals surface area contributed by atoms with Crippen molar-refractivity contribution >= 4 is 22.6 Å². The van der Waals surface area contributed by atoms with Crippen LogP contribution in [-0.2, 0) is 20.9 Å². The number of aldehydes is 1. The van der Waals surface area contributed by atoms with Gasteiger partial charge in [-0.2, -0.15) is 0 Å². The fourth-order valence-corrected chi connectivity index (χ4v) is 3.37. The highest BCUT2D eigenvalue weighted by molar-refractivity contribution is 7.19. The predicted molar refractivity (Wildman–Crippen MR) is 126 cm³/mol. The number of nitrogens with two attached hydrogens (primary N) is 1. The maximum atomic E-state index is 8.81. The van der Waals surface area contributed by atoms with E-state index in [1.54, 1.807) is 11.3 Å². The first-order valence-corrected chi connectivity index (χ1v) is 11.2. The van der Waals surface area contributed by atoms with E-state index in [2.05, 4.69) is 30.0 Å². The molecule has 1 aromatic heterocycles. The van der Waals surface area contributed by atoms with Crippen LogP contribution in [0.15, 0.2) is 36.4 Å². The van der Waals surface area contributed by atoms with Gasteiger partial charge in [0.25, 0.3) is 0 Å². The molecular formula is C23H38N2O3S. The smallest absolute Gasteiger partial charge is 0.116 e. The van der Waals surface area contributed by atoms with E-state index in [-0.39, 0.29) is 0 Å². The minimum absolute atomic E-state index is 0.603. The lowest BCUT2D eigenvalue weighted by atomic mass is 10.2. The van der Waals surface area contributed by atoms with Crippen LogP contribution in [0.1, 0.15) is 40.2 Å². The molecule has 29 heavy (non-hydrogen) atoms. The summed E-state index contributed by atoms with van der Waals surface area (Å²) in [5, 5.41) is 0.854. The van der Waals surface area contributed by atoms with Crippen LogP contribution < -0.4 is 5.73 Å². The molecule has 2 N–H and O–H groups in total. The summed E-state index contributed by atoms with van der Waals surface area (Å²) in [7, 11) is 0. The van der Waals surface area contributed by atoms with Crippen molar-refractivity contribution in [1.82, 2.24) is 4.90 Å². The number of anilines is 1. The molecule has 3 rings (SSSR count). The average molecular weight is 423 g/mol. The number of morpholine rings is 1. The zero-order valence-electron chi connectivity index (χ0n) is 18.6. The Morgan fingerprint density at radius 2 is 1.76 bits per heavy atom. The van der Waals surface area contributed by atoms with Crippen LogP contribution in [0.5, 0.6) is 0 Å². The molecule has 1 aromatic carbocycles. The lowest BCUT2D eigenvalue weighted by molar-refractivity contribution is -0.106. The maximum Gasteiger partial charge on any atom is 0.116 e. The van der Waals surface area contributed by atoms with Gasteiger partial charge in [0.1, 0.15) is 6.29 Å². The Kier molecular flexibility index (Phi) is 17.2. The third-order valence-corrected chi connectivity index (χ3v) is 4.97. The Hall–Kier alpha value is -1.73.